The molecule has 3 unspecified atom stereocenters. The van der Waals surface area contributed by atoms with Gasteiger partial charge in [-0.15, -0.1) is 0 Å². The van der Waals surface area contributed by atoms with Crippen LogP contribution in [0, 0.1) is 34.0 Å². The van der Waals surface area contributed by atoms with E-state index in [9.17, 15) is 10.5 Å². The van der Waals surface area contributed by atoms with E-state index in [1.54, 1.807) is 0 Å². The lowest BCUT2D eigenvalue weighted by Crippen LogP contribution is -2.31. The minimum atomic E-state index is -0.0619. The minimum absolute atomic E-state index is 0.00688. The highest BCUT2D eigenvalue weighted by atomic mass is 14.9. The van der Waals surface area contributed by atoms with Crippen LogP contribution in [0.4, 0.5) is 0 Å². The van der Waals surface area contributed by atoms with Crippen molar-refractivity contribution in [2.24, 2.45) is 11.3 Å². The standard InChI is InChI=1S/C67H44N4/c1-67-32-5-12-48-26-30-57-55(28-24-47(31-33-67)62(57)63(48)67)58-36-53(54-27-23-46-18-17-44-8-4-9-45-25-29-56(54)61(46)60(44)45)37-59-64(49-19-13-42(14-20-49)51-10-2-6-40(34-51)38-68)70-66(71-65(58)59)50-21-15-43(16-22-50)52-11-3-7-41(35-52)39-69/h2-15,17-21,23-32,34-37,55,57H,16,22,33H2,1H3. The average molecular weight is 905 g/mol. The van der Waals surface area contributed by atoms with Gasteiger partial charge in [0.2, 0.25) is 0 Å². The fraction of sp³-hybridized carbons (Fsp3) is 0.104. The van der Waals surface area contributed by atoms with Crippen molar-refractivity contribution in [1.29, 1.82) is 10.5 Å². The van der Waals surface area contributed by atoms with Crippen LogP contribution in [-0.4, -0.2) is 9.97 Å². The molecule has 3 atom stereocenters. The maximum Gasteiger partial charge on any atom is 0.156 e. The summed E-state index contributed by atoms with van der Waals surface area (Å²) in [5.74, 6) is 0.830. The maximum atomic E-state index is 9.73. The molecule has 0 saturated carbocycles. The molecule has 71 heavy (non-hydrogen) atoms. The highest BCUT2D eigenvalue weighted by Gasteiger charge is 2.42. The third kappa shape index (κ3) is 6.49. The molecule has 0 saturated heterocycles. The van der Waals surface area contributed by atoms with E-state index < -0.39 is 0 Å². The van der Waals surface area contributed by atoms with Crippen LogP contribution in [-0.2, 0) is 0 Å². The van der Waals surface area contributed by atoms with Gasteiger partial charge in [0, 0.05) is 28.2 Å². The van der Waals surface area contributed by atoms with Gasteiger partial charge in [-0.3, -0.25) is 0 Å². The van der Waals surface area contributed by atoms with E-state index in [2.05, 4.69) is 183 Å². The summed E-state index contributed by atoms with van der Waals surface area (Å²) in [6.45, 7) is 2.40. The zero-order chi connectivity index (χ0) is 47.4. The molecule has 1 aromatic heterocycles. The number of aromatic nitrogens is 2. The van der Waals surface area contributed by atoms with Crippen molar-refractivity contribution in [3.63, 3.8) is 0 Å². The van der Waals surface area contributed by atoms with Crippen LogP contribution in [0.2, 0.25) is 0 Å². The first kappa shape index (κ1) is 41.1. The monoisotopic (exact) mass is 904 g/mol. The SMILES string of the molecule is CC12C=CC=C3C=CC4C(=C31)C(=CC2)C=CC4c1cc(-c2ccc3ccc4cccc5ccc2c3c45)cc2c(-c3ccc(-c4cccc(C#N)c4)cc3)nc(C3=CC=C(c4cccc(C#N)c4)CC3)nc12. The van der Waals surface area contributed by atoms with Gasteiger partial charge in [0.05, 0.1) is 34.5 Å². The van der Waals surface area contributed by atoms with Crippen LogP contribution in [0.1, 0.15) is 60.2 Å². The van der Waals surface area contributed by atoms with Crippen molar-refractivity contribution in [3.8, 4) is 45.6 Å². The van der Waals surface area contributed by atoms with E-state index >= 15 is 0 Å². The molecule has 0 spiro atoms. The largest absolute Gasteiger partial charge is 0.228 e. The van der Waals surface area contributed by atoms with Crippen molar-refractivity contribution in [3.05, 3.63) is 251 Å². The molecule has 0 aliphatic heterocycles. The molecule has 4 nitrogen and oxygen atoms in total. The van der Waals surface area contributed by atoms with Gasteiger partial charge in [-0.05, 0) is 155 Å². The molecule has 5 aliphatic carbocycles. The quantitative estimate of drug-likeness (QED) is 0.156. The molecule has 5 aliphatic rings. The Labute approximate surface area is 412 Å². The normalized spacial score (nSPS) is 19.9. The molecular weight excluding hydrogens is 861 g/mol. The summed E-state index contributed by atoms with van der Waals surface area (Å²) in [7, 11) is 0. The van der Waals surface area contributed by atoms with E-state index in [1.807, 2.05) is 36.4 Å². The van der Waals surface area contributed by atoms with Gasteiger partial charge in [-0.25, -0.2) is 9.97 Å². The second kappa shape index (κ2) is 15.8. The third-order valence-electron chi connectivity index (χ3n) is 15.9. The molecule has 9 aromatic rings. The summed E-state index contributed by atoms with van der Waals surface area (Å²) in [5, 5.41) is 28.0. The predicted molar refractivity (Wildman–Crippen MR) is 290 cm³/mol. The molecule has 0 amide bonds. The van der Waals surface area contributed by atoms with E-state index in [-0.39, 0.29) is 17.3 Å². The summed E-state index contributed by atoms with van der Waals surface area (Å²) in [4.78, 5) is 11.3. The number of nitriles is 2. The zero-order valence-corrected chi connectivity index (χ0v) is 39.1. The third-order valence-corrected chi connectivity index (χ3v) is 15.9. The van der Waals surface area contributed by atoms with Gasteiger partial charge in [0.15, 0.2) is 5.82 Å². The molecule has 0 bridgehead atoms. The first-order valence-electron chi connectivity index (χ1n) is 24.7. The maximum absolute atomic E-state index is 9.73. The van der Waals surface area contributed by atoms with Gasteiger partial charge in [-0.1, -0.05) is 171 Å². The molecular formula is C67H44N4. The van der Waals surface area contributed by atoms with Crippen molar-refractivity contribution in [1.82, 2.24) is 9.97 Å². The van der Waals surface area contributed by atoms with E-state index in [0.29, 0.717) is 11.1 Å². The smallest absolute Gasteiger partial charge is 0.156 e. The molecule has 0 N–H and O–H groups in total. The molecule has 4 heteroatoms. The fourth-order valence-electron chi connectivity index (χ4n) is 12.4. The van der Waals surface area contributed by atoms with Gasteiger partial charge in [0.25, 0.3) is 0 Å². The Hall–Kier alpha value is -8.96. The van der Waals surface area contributed by atoms with Crippen molar-refractivity contribution in [2.75, 3.05) is 0 Å². The Kier molecular flexibility index (Phi) is 9.13. The summed E-state index contributed by atoms with van der Waals surface area (Å²) in [5.41, 5.74) is 18.5. The van der Waals surface area contributed by atoms with Crippen LogP contribution < -0.4 is 0 Å². The topological polar surface area (TPSA) is 73.4 Å². The summed E-state index contributed by atoms with van der Waals surface area (Å²) >= 11 is 0. The van der Waals surface area contributed by atoms with E-state index in [4.69, 9.17) is 9.97 Å². The molecule has 1 heterocycles. The summed E-state index contributed by atoms with van der Waals surface area (Å²) < 4.78 is 0. The number of nitrogens with zero attached hydrogens (tertiary/aromatic N) is 4. The lowest BCUT2D eigenvalue weighted by Gasteiger charge is -2.44. The minimum Gasteiger partial charge on any atom is -0.228 e. The molecule has 14 rings (SSSR count). The van der Waals surface area contributed by atoms with Gasteiger partial charge >= 0.3 is 0 Å². The Balaban J connectivity index is 1.03. The average Bonchev–Trinajstić information content (AvgIpc) is 3.43. The van der Waals surface area contributed by atoms with Crippen LogP contribution in [0.5, 0.6) is 0 Å². The highest BCUT2D eigenvalue weighted by Crippen LogP contribution is 2.56. The number of hydrogen-bond donors (Lipinski definition) is 0. The molecule has 8 aromatic carbocycles. The van der Waals surface area contributed by atoms with Crippen LogP contribution >= 0.6 is 0 Å². The molecule has 0 fully saturated rings. The van der Waals surface area contributed by atoms with Crippen LogP contribution in [0.3, 0.4) is 0 Å². The Morgan fingerprint density at radius 2 is 1.24 bits per heavy atom. The van der Waals surface area contributed by atoms with Gasteiger partial charge < -0.3 is 0 Å². The number of hydrogen-bond acceptors (Lipinski definition) is 4. The number of allylic oxidation sites excluding steroid dienone is 16. The Morgan fingerprint density at radius 3 is 2.03 bits per heavy atom. The predicted octanol–water partition coefficient (Wildman–Crippen LogP) is 16.5. The number of rotatable bonds is 6. The number of benzene rings is 8. The first-order valence-corrected chi connectivity index (χ1v) is 24.7. The van der Waals surface area contributed by atoms with Crippen molar-refractivity contribution in [2.45, 2.75) is 32.1 Å². The second-order valence-corrected chi connectivity index (χ2v) is 20.0. The fourth-order valence-corrected chi connectivity index (χ4v) is 12.4. The molecule has 332 valence electrons. The van der Waals surface area contributed by atoms with Gasteiger partial charge in [0.1, 0.15) is 0 Å². The summed E-state index contributed by atoms with van der Waals surface area (Å²) in [6, 6.07) is 54.1. The van der Waals surface area contributed by atoms with Crippen molar-refractivity contribution >= 4 is 54.4 Å². The lowest BCUT2D eigenvalue weighted by atomic mass is 9.59. The van der Waals surface area contributed by atoms with Gasteiger partial charge in [-0.2, -0.15) is 10.5 Å². The Morgan fingerprint density at radius 1 is 0.563 bits per heavy atom. The highest BCUT2D eigenvalue weighted by molar-refractivity contribution is 6.25. The summed E-state index contributed by atoms with van der Waals surface area (Å²) in [6.07, 6.45) is 26.0. The number of fused-ring (bicyclic) bond motifs is 1. The van der Waals surface area contributed by atoms with E-state index in [0.717, 1.165) is 75.1 Å². The van der Waals surface area contributed by atoms with Crippen LogP contribution in [0.15, 0.2) is 223 Å². The lowest BCUT2D eigenvalue weighted by molar-refractivity contribution is 0.491. The van der Waals surface area contributed by atoms with Crippen molar-refractivity contribution < 1.29 is 0 Å². The Bertz CT molecular complexity index is 4150. The molecule has 0 radical (unpaired) electrons. The van der Waals surface area contributed by atoms with E-state index in [1.165, 1.54) is 71.3 Å². The zero-order valence-electron chi connectivity index (χ0n) is 39.1. The second-order valence-electron chi connectivity index (χ2n) is 20.0. The first-order chi connectivity index (χ1) is 34.9. The van der Waals surface area contributed by atoms with Crippen LogP contribution in [0.25, 0.3) is 87.9 Å².